The molecule has 0 saturated heterocycles. The molecular weight excluding hydrogens is 1680 g/mol. The Balaban J connectivity index is 0.000000111. The molecular formula is C75H70BrClN36O2S4. The van der Waals surface area contributed by atoms with Gasteiger partial charge in [0.1, 0.15) is 20.8 Å². The molecule has 0 amide bonds. The maximum absolute atomic E-state index is 11.9. The first kappa shape index (κ1) is 78.9. The highest BCUT2D eigenvalue weighted by atomic mass is 79.9. The van der Waals surface area contributed by atoms with E-state index in [1.807, 2.05) is 208 Å². The highest BCUT2D eigenvalue weighted by molar-refractivity contribution is 9.10. The molecule has 0 saturated carbocycles. The highest BCUT2D eigenvalue weighted by Crippen LogP contribution is 2.37. The van der Waals surface area contributed by atoms with E-state index in [-0.39, 0.29) is 17.3 Å². The van der Waals surface area contributed by atoms with Crippen LogP contribution in [0.1, 0.15) is 59.3 Å². The monoisotopic (exact) mass is 1750 g/mol. The molecule has 0 atom stereocenters. The number of nitrogens with zero attached hydrogens (tertiary/aromatic N) is 31. The summed E-state index contributed by atoms with van der Waals surface area (Å²) in [6, 6.07) is 3.87. The summed E-state index contributed by atoms with van der Waals surface area (Å²) < 4.78 is 37.3. The molecule has 119 heavy (non-hydrogen) atoms. The lowest BCUT2D eigenvalue weighted by Gasteiger charge is -2.07. The molecule has 44 heteroatoms. The predicted molar refractivity (Wildman–Crippen MR) is 460 cm³/mol. The number of nitrogens with one attached hydrogen (secondary N) is 5. The Kier molecular flexibility index (Phi) is 22.8. The van der Waals surface area contributed by atoms with Crippen molar-refractivity contribution in [3.63, 3.8) is 0 Å². The zero-order valence-corrected chi connectivity index (χ0v) is 70.7. The van der Waals surface area contributed by atoms with Crippen LogP contribution in [0.5, 0.6) is 0 Å². The van der Waals surface area contributed by atoms with Crippen LogP contribution in [0.4, 0.5) is 55.0 Å². The van der Waals surface area contributed by atoms with Gasteiger partial charge in [-0.1, -0.05) is 25.4 Å². The van der Waals surface area contributed by atoms with Crippen LogP contribution in [0.3, 0.4) is 0 Å². The van der Waals surface area contributed by atoms with Crippen molar-refractivity contribution in [2.45, 2.75) is 47.5 Å². The number of pyridine rings is 1. The topological polar surface area (TPSA) is 404 Å². The minimum Gasteiger partial charge on any atom is -0.461 e. The Labute approximate surface area is 705 Å². The van der Waals surface area contributed by atoms with E-state index in [0.29, 0.717) is 50.8 Å². The van der Waals surface area contributed by atoms with E-state index in [1.165, 1.54) is 23.1 Å². The van der Waals surface area contributed by atoms with E-state index < -0.39 is 5.97 Å². The van der Waals surface area contributed by atoms with Crippen molar-refractivity contribution in [2.24, 2.45) is 35.2 Å². The summed E-state index contributed by atoms with van der Waals surface area (Å²) in [5, 5.41) is 40.3. The van der Waals surface area contributed by atoms with Crippen LogP contribution < -0.4 is 26.6 Å². The third-order valence-electron chi connectivity index (χ3n) is 17.7. The molecule has 600 valence electrons. The molecule has 0 aromatic carbocycles. The maximum Gasteiger partial charge on any atom is 0.359 e. The average Bonchev–Trinajstić information content (AvgIpc) is 1.66. The first-order valence-corrected chi connectivity index (χ1v) is 40.6. The van der Waals surface area contributed by atoms with E-state index >= 15 is 0 Å². The molecule has 0 bridgehead atoms. The van der Waals surface area contributed by atoms with Gasteiger partial charge < -0.3 is 31.3 Å². The van der Waals surface area contributed by atoms with Gasteiger partial charge in [0.15, 0.2) is 68.2 Å². The summed E-state index contributed by atoms with van der Waals surface area (Å²) in [6.07, 6.45) is 49.5. The number of hydrogen-bond donors (Lipinski definition) is 5. The fourth-order valence-electron chi connectivity index (χ4n) is 12.1. The smallest absolute Gasteiger partial charge is 0.359 e. The van der Waals surface area contributed by atoms with Crippen molar-refractivity contribution < 1.29 is 9.53 Å². The standard InChI is InChI=1S/C16H14ClN7O2S.C16H15N7.C15H16N8S.C14H12BrN7S.C14H13N7S/c1-3-26-16(25)12-11(17)15(27-22-12)21-13-14-19-7-10(24(14)5-4-18-13)9-6-20-23(2)8-9;1-11-7-13(3-4-17-11)21-15-16-19-9-14(23(16)6-5-18-15)12-8-20-22(2)10-12;1-9(2)12-19-15(24-21-12)20-13-14-17-7-11(23(14)5-4-16-13)10-6-18-22(3)8-10;1-8-11(15)14(23-20-8)19-12-13-17-6-10(22(13)4-3-16-12)9-5-18-21(2)7-9;1-9-5-17-14(22-9)19-12-13-16-7-11(21(13)4-3-15-12)10-6-18-20(2)8-10/h4-8H,3H2,1-2H3,(H,18,21);3-10H,1-2H3,(H,17,18,21);4-9H,1-3H3,(H,16,19,20,21);3-7H,1-2H3,(H,16,19);3-8H,1-2H3,(H,15,17,19). The normalized spacial score (nSPS) is 11.2. The third kappa shape index (κ3) is 17.2. The Bertz CT molecular complexity index is 6980. The number of rotatable bonds is 18. The number of ether oxygens (including phenoxy) is 1. The summed E-state index contributed by atoms with van der Waals surface area (Å²) in [4.78, 5) is 70.4. The Hall–Kier alpha value is -14.0. The zero-order chi connectivity index (χ0) is 82.5. The van der Waals surface area contributed by atoms with Crippen LogP contribution in [0.25, 0.3) is 84.5 Å². The first-order valence-electron chi connectivity index (χ1n) is 36.3. The molecule has 38 nitrogen and oxygen atoms in total. The molecule has 20 aromatic rings. The largest absolute Gasteiger partial charge is 0.461 e. The van der Waals surface area contributed by atoms with Crippen LogP contribution >= 0.6 is 73.5 Å². The van der Waals surface area contributed by atoms with Crippen LogP contribution in [0.2, 0.25) is 5.02 Å². The van der Waals surface area contributed by atoms with Gasteiger partial charge in [-0.15, -0.1) is 11.3 Å². The minimum absolute atomic E-state index is 0.0809. The highest BCUT2D eigenvalue weighted by Gasteiger charge is 2.24. The summed E-state index contributed by atoms with van der Waals surface area (Å²) >= 11 is 15.2. The molecule has 0 aliphatic rings. The van der Waals surface area contributed by atoms with E-state index in [2.05, 4.69) is 160 Å². The fraction of sp³-hybridized carbons (Fsp3) is 0.173. The quantitative estimate of drug-likeness (QED) is 0.0498. The Morgan fingerprint density at radius 2 is 0.840 bits per heavy atom. The minimum atomic E-state index is -0.558. The van der Waals surface area contributed by atoms with E-state index in [0.717, 1.165) is 133 Å². The Morgan fingerprint density at radius 1 is 0.454 bits per heavy atom. The van der Waals surface area contributed by atoms with Gasteiger partial charge in [-0.05, 0) is 78.8 Å². The van der Waals surface area contributed by atoms with Crippen LogP contribution in [0.15, 0.2) is 184 Å². The molecule has 0 spiro atoms. The number of halogens is 2. The number of anilines is 10. The van der Waals surface area contributed by atoms with Crippen molar-refractivity contribution >= 4 is 163 Å². The molecule has 5 N–H and O–H groups in total. The van der Waals surface area contributed by atoms with Gasteiger partial charge in [0.25, 0.3) is 0 Å². The lowest BCUT2D eigenvalue weighted by molar-refractivity contribution is 0.0521. The number of aryl methyl sites for hydroxylation is 8. The van der Waals surface area contributed by atoms with Crippen LogP contribution in [-0.2, 0) is 40.0 Å². The number of imidazole rings is 5. The number of carbonyl (C=O) groups is 1. The second kappa shape index (κ2) is 34.4. The molecule has 20 rings (SSSR count). The van der Waals surface area contributed by atoms with E-state index in [1.54, 1.807) is 91.2 Å². The number of aromatic nitrogens is 31. The predicted octanol–water partition coefficient (Wildman–Crippen LogP) is 14.6. The molecule has 0 unspecified atom stereocenters. The van der Waals surface area contributed by atoms with Gasteiger partial charge in [0.2, 0.25) is 5.13 Å². The second-order valence-electron chi connectivity index (χ2n) is 26.6. The lowest BCUT2D eigenvalue weighted by atomic mass is 10.2. The zero-order valence-electron chi connectivity index (χ0n) is 65.1. The molecule has 20 aromatic heterocycles. The summed E-state index contributed by atoms with van der Waals surface area (Å²) in [6.45, 7) is 12.0. The van der Waals surface area contributed by atoms with Gasteiger partial charge >= 0.3 is 5.97 Å². The van der Waals surface area contributed by atoms with Crippen molar-refractivity contribution in [3.05, 3.63) is 217 Å². The summed E-state index contributed by atoms with van der Waals surface area (Å²) in [7, 11) is 9.43. The SMILES string of the molecule is CC(C)c1nsc(Nc2nccn3c(-c4cnn(C)c4)cnc23)n1.CCOC(=O)c1nsc(Nc2nccn3c(-c4cnn(C)c4)cnc23)c1Cl.Cc1cc(Nc2nccn3c(-c4cnn(C)c4)cnc23)ccn1.Cc1cnc(Nc2nccn3c(-c4cnn(C)c4)cnc23)s1.Cc1nsc(Nc2nccn3c(-c4cnn(C)c4)cnc23)c1Br. The van der Waals surface area contributed by atoms with Gasteiger partial charge in [0.05, 0.1) is 107 Å². The fourth-order valence-corrected chi connectivity index (χ4v) is 15.7. The van der Waals surface area contributed by atoms with Crippen molar-refractivity contribution in [2.75, 3.05) is 33.2 Å². The first-order chi connectivity index (χ1) is 57.7. The average molecular weight is 1750 g/mol. The van der Waals surface area contributed by atoms with Gasteiger partial charge in [-0.25, -0.2) is 64.6 Å². The van der Waals surface area contributed by atoms with Gasteiger partial charge in [-0.3, -0.25) is 50.4 Å². The number of fused-ring (bicyclic) bond motifs is 5. The maximum atomic E-state index is 11.9. The van der Waals surface area contributed by atoms with Crippen LogP contribution in [-0.4, -0.2) is 161 Å². The van der Waals surface area contributed by atoms with Gasteiger partial charge in [0, 0.05) is 202 Å². The van der Waals surface area contributed by atoms with Crippen molar-refractivity contribution in [3.8, 4) is 56.3 Å². The third-order valence-corrected chi connectivity index (χ3v) is 22.5. The molecule has 0 aliphatic carbocycles. The van der Waals surface area contributed by atoms with E-state index in [4.69, 9.17) is 16.3 Å². The van der Waals surface area contributed by atoms with Crippen LogP contribution in [0, 0.1) is 20.8 Å². The van der Waals surface area contributed by atoms with E-state index in [9.17, 15) is 4.79 Å². The molecule has 0 fully saturated rings. The molecule has 20 heterocycles. The molecule has 0 radical (unpaired) electrons. The number of hydrogen-bond acceptors (Lipinski definition) is 32. The second-order valence-corrected chi connectivity index (χ2v) is 31.3. The van der Waals surface area contributed by atoms with Gasteiger partial charge in [-0.2, -0.15) is 38.6 Å². The number of thiazole rings is 1. The number of carbonyl (C=O) groups excluding carboxylic acids is 1. The summed E-state index contributed by atoms with van der Waals surface area (Å²) in [5.74, 6) is 3.79. The summed E-state index contributed by atoms with van der Waals surface area (Å²) in [5.41, 5.74) is 16.3. The number of esters is 1. The lowest BCUT2D eigenvalue weighted by Crippen LogP contribution is -2.05. The van der Waals surface area contributed by atoms with Crippen molar-refractivity contribution in [1.82, 2.24) is 149 Å². The Morgan fingerprint density at radius 3 is 1.18 bits per heavy atom. The van der Waals surface area contributed by atoms with Crippen molar-refractivity contribution in [1.29, 1.82) is 0 Å². The molecule has 0 aliphatic heterocycles.